The van der Waals surface area contributed by atoms with Crippen LogP contribution in [0, 0.1) is 0 Å². The van der Waals surface area contributed by atoms with Crippen molar-refractivity contribution < 1.29 is 0 Å². The standard InChI is InChI=1S/C41H25N3/c1-2-13-26(14-3-1)38-33-23-22-25-12-4-7-17-29(25)39(33)43-41(42-38)44-35-21-11-10-20-32(35)37-31-19-9-8-18-30(31)36-28-16-6-5-15-27(28)24-34(36)40(37)44/h1-23H,24H2. The molecule has 44 heavy (non-hydrogen) atoms. The molecule has 0 aliphatic heterocycles. The Hall–Kier alpha value is -5.80. The Morgan fingerprint density at radius 3 is 2.11 bits per heavy atom. The fourth-order valence-corrected chi connectivity index (χ4v) is 7.56. The Bertz CT molecular complexity index is 2630. The van der Waals surface area contributed by atoms with Crippen molar-refractivity contribution in [1.82, 2.24) is 14.5 Å². The fraction of sp³-hybridized carbons (Fsp3) is 0.0244. The van der Waals surface area contributed by atoms with Gasteiger partial charge in [-0.05, 0) is 50.5 Å². The van der Waals surface area contributed by atoms with E-state index < -0.39 is 0 Å². The van der Waals surface area contributed by atoms with Gasteiger partial charge >= 0.3 is 0 Å². The van der Waals surface area contributed by atoms with Crippen molar-refractivity contribution in [1.29, 1.82) is 0 Å². The zero-order valence-electron chi connectivity index (χ0n) is 23.8. The van der Waals surface area contributed by atoms with Gasteiger partial charge in [0.2, 0.25) is 5.95 Å². The van der Waals surface area contributed by atoms with Crippen LogP contribution in [-0.4, -0.2) is 14.5 Å². The first-order valence-corrected chi connectivity index (χ1v) is 15.2. The lowest BCUT2D eigenvalue weighted by Gasteiger charge is -2.15. The largest absolute Gasteiger partial charge is 0.278 e. The van der Waals surface area contributed by atoms with Gasteiger partial charge in [-0.1, -0.05) is 127 Å². The van der Waals surface area contributed by atoms with Crippen LogP contribution in [-0.2, 0) is 6.42 Å². The normalized spacial score (nSPS) is 12.5. The molecule has 0 atom stereocenters. The summed E-state index contributed by atoms with van der Waals surface area (Å²) in [7, 11) is 0. The Morgan fingerprint density at radius 2 is 1.23 bits per heavy atom. The highest BCUT2D eigenvalue weighted by Crippen LogP contribution is 2.49. The lowest BCUT2D eigenvalue weighted by Crippen LogP contribution is -2.05. The summed E-state index contributed by atoms with van der Waals surface area (Å²) in [6, 6.07) is 49.9. The first-order valence-electron chi connectivity index (χ1n) is 15.2. The van der Waals surface area contributed by atoms with Gasteiger partial charge in [-0.15, -0.1) is 0 Å². The monoisotopic (exact) mass is 559 g/mol. The molecule has 10 rings (SSSR count). The molecule has 2 heterocycles. The van der Waals surface area contributed by atoms with Crippen LogP contribution in [0.15, 0.2) is 140 Å². The van der Waals surface area contributed by atoms with E-state index in [2.05, 4.69) is 144 Å². The third-order valence-corrected chi connectivity index (χ3v) is 9.41. The molecule has 9 aromatic rings. The summed E-state index contributed by atoms with van der Waals surface area (Å²) < 4.78 is 2.34. The van der Waals surface area contributed by atoms with Crippen LogP contribution < -0.4 is 0 Å². The van der Waals surface area contributed by atoms with Gasteiger partial charge in [-0.3, -0.25) is 4.57 Å². The average Bonchev–Trinajstić information content (AvgIpc) is 3.65. The Kier molecular flexibility index (Phi) is 4.77. The Morgan fingerprint density at radius 1 is 0.523 bits per heavy atom. The van der Waals surface area contributed by atoms with Gasteiger partial charge in [0.25, 0.3) is 0 Å². The maximum atomic E-state index is 5.44. The first kappa shape index (κ1) is 23.7. The summed E-state index contributed by atoms with van der Waals surface area (Å²) in [5, 5.41) is 8.43. The highest BCUT2D eigenvalue weighted by atomic mass is 15.2. The van der Waals surface area contributed by atoms with Gasteiger partial charge in [0.15, 0.2) is 0 Å². The van der Waals surface area contributed by atoms with Crippen LogP contribution in [0.25, 0.3) is 82.6 Å². The molecule has 0 amide bonds. The van der Waals surface area contributed by atoms with E-state index in [1.165, 1.54) is 54.7 Å². The molecule has 3 heteroatoms. The van der Waals surface area contributed by atoms with E-state index in [4.69, 9.17) is 9.97 Å². The third kappa shape index (κ3) is 3.16. The minimum atomic E-state index is 0.701. The maximum Gasteiger partial charge on any atom is 0.235 e. The van der Waals surface area contributed by atoms with Crippen LogP contribution in [0.3, 0.4) is 0 Å². The third-order valence-electron chi connectivity index (χ3n) is 9.41. The second-order valence-electron chi connectivity index (χ2n) is 11.7. The van der Waals surface area contributed by atoms with E-state index in [9.17, 15) is 0 Å². The van der Waals surface area contributed by atoms with Gasteiger partial charge in [0.1, 0.15) is 0 Å². The molecule has 7 aromatic carbocycles. The predicted molar refractivity (Wildman–Crippen MR) is 183 cm³/mol. The molecule has 204 valence electrons. The molecule has 1 aliphatic rings. The number of nitrogens with zero attached hydrogens (tertiary/aromatic N) is 3. The van der Waals surface area contributed by atoms with Gasteiger partial charge in [0.05, 0.1) is 22.2 Å². The quantitative estimate of drug-likeness (QED) is 0.197. The zero-order valence-corrected chi connectivity index (χ0v) is 23.8. The highest BCUT2D eigenvalue weighted by molar-refractivity contribution is 6.26. The average molecular weight is 560 g/mol. The maximum absolute atomic E-state index is 5.44. The van der Waals surface area contributed by atoms with E-state index in [0.717, 1.165) is 39.5 Å². The number of benzene rings is 7. The van der Waals surface area contributed by atoms with Gasteiger partial charge in [0, 0.05) is 33.5 Å². The zero-order chi connectivity index (χ0) is 28.8. The molecule has 0 bridgehead atoms. The molecule has 0 saturated heterocycles. The van der Waals surface area contributed by atoms with Crippen molar-refractivity contribution in [2.45, 2.75) is 6.42 Å². The number of rotatable bonds is 2. The number of hydrogen-bond acceptors (Lipinski definition) is 2. The molecule has 0 spiro atoms. The van der Waals surface area contributed by atoms with E-state index in [1.54, 1.807) is 0 Å². The summed E-state index contributed by atoms with van der Waals surface area (Å²) in [4.78, 5) is 10.9. The summed E-state index contributed by atoms with van der Waals surface area (Å²) in [5.74, 6) is 0.701. The smallest absolute Gasteiger partial charge is 0.235 e. The van der Waals surface area contributed by atoms with E-state index in [1.807, 2.05) is 0 Å². The lowest BCUT2D eigenvalue weighted by molar-refractivity contribution is 1.01. The molecular formula is C41H25N3. The highest BCUT2D eigenvalue weighted by Gasteiger charge is 2.29. The van der Waals surface area contributed by atoms with Gasteiger partial charge in [-0.25, -0.2) is 9.97 Å². The minimum absolute atomic E-state index is 0.701. The predicted octanol–water partition coefficient (Wildman–Crippen LogP) is 10.3. The molecule has 0 saturated carbocycles. The minimum Gasteiger partial charge on any atom is -0.278 e. The van der Waals surface area contributed by atoms with Crippen molar-refractivity contribution in [3.8, 4) is 28.3 Å². The number of fused-ring (bicyclic) bond motifs is 13. The molecule has 3 nitrogen and oxygen atoms in total. The van der Waals surface area contributed by atoms with Crippen LogP contribution in [0.4, 0.5) is 0 Å². The van der Waals surface area contributed by atoms with Crippen LogP contribution in [0.5, 0.6) is 0 Å². The molecule has 1 aliphatic carbocycles. The van der Waals surface area contributed by atoms with E-state index in [-0.39, 0.29) is 0 Å². The molecule has 0 radical (unpaired) electrons. The van der Waals surface area contributed by atoms with Gasteiger partial charge < -0.3 is 0 Å². The van der Waals surface area contributed by atoms with Crippen molar-refractivity contribution in [3.63, 3.8) is 0 Å². The molecule has 0 unspecified atom stereocenters. The summed E-state index contributed by atoms with van der Waals surface area (Å²) >= 11 is 0. The van der Waals surface area contributed by atoms with Crippen LogP contribution in [0.1, 0.15) is 11.1 Å². The first-order chi connectivity index (χ1) is 21.8. The van der Waals surface area contributed by atoms with Gasteiger partial charge in [-0.2, -0.15) is 0 Å². The second kappa shape index (κ2) is 8.85. The molecular weight excluding hydrogens is 534 g/mol. The summed E-state index contributed by atoms with van der Waals surface area (Å²) in [6.07, 6.45) is 0.880. The van der Waals surface area contributed by atoms with Crippen molar-refractivity contribution in [3.05, 3.63) is 151 Å². The SMILES string of the molecule is c1ccc(-c2nc(-n3c4ccccc4c4c5ccccc5c5c(c43)Cc3ccccc3-5)nc3c2ccc2ccccc23)cc1. The second-order valence-corrected chi connectivity index (χ2v) is 11.7. The molecule has 0 fully saturated rings. The Balaban J connectivity index is 1.43. The van der Waals surface area contributed by atoms with Crippen LogP contribution >= 0.6 is 0 Å². The van der Waals surface area contributed by atoms with Crippen molar-refractivity contribution in [2.75, 3.05) is 0 Å². The van der Waals surface area contributed by atoms with E-state index in [0.29, 0.717) is 5.95 Å². The van der Waals surface area contributed by atoms with Crippen molar-refractivity contribution >= 4 is 54.3 Å². The number of aromatic nitrogens is 3. The van der Waals surface area contributed by atoms with Crippen LogP contribution in [0.2, 0.25) is 0 Å². The number of para-hydroxylation sites is 1. The fourth-order valence-electron chi connectivity index (χ4n) is 7.56. The summed E-state index contributed by atoms with van der Waals surface area (Å²) in [6.45, 7) is 0. The topological polar surface area (TPSA) is 30.7 Å². The molecule has 0 N–H and O–H groups in total. The van der Waals surface area contributed by atoms with Crippen molar-refractivity contribution in [2.24, 2.45) is 0 Å². The molecule has 2 aromatic heterocycles. The lowest BCUT2D eigenvalue weighted by atomic mass is 9.94. The Labute approximate surface area is 253 Å². The summed E-state index contributed by atoms with van der Waals surface area (Å²) in [5.41, 5.74) is 10.7. The number of hydrogen-bond donors (Lipinski definition) is 0. The van der Waals surface area contributed by atoms with E-state index >= 15 is 0 Å².